The van der Waals surface area contributed by atoms with Gasteiger partial charge >= 0.3 is 0 Å². The average molecular weight is 566 g/mol. The summed E-state index contributed by atoms with van der Waals surface area (Å²) < 4.78 is 12.4. The van der Waals surface area contributed by atoms with Crippen LogP contribution >= 0.6 is 11.6 Å². The molecule has 4 aliphatic heterocycles. The number of rotatable bonds is 9. The van der Waals surface area contributed by atoms with Crippen molar-refractivity contribution in [1.29, 1.82) is 0 Å². The Bertz CT molecular complexity index is 1310. The summed E-state index contributed by atoms with van der Waals surface area (Å²) in [6, 6.07) is 11.0. The number of piperidine rings is 2. The van der Waals surface area contributed by atoms with Crippen LogP contribution in [-0.4, -0.2) is 59.8 Å². The largest absolute Gasteiger partial charge is 0.493 e. The lowest BCUT2D eigenvalue weighted by Gasteiger charge is -2.39. The number of fused-ring (bicyclic) bond motifs is 3. The highest BCUT2D eigenvalue weighted by Crippen LogP contribution is 2.45. The van der Waals surface area contributed by atoms with Gasteiger partial charge in [0.05, 0.1) is 25.4 Å². The first-order valence-corrected chi connectivity index (χ1v) is 14.9. The van der Waals surface area contributed by atoms with Crippen molar-refractivity contribution in [2.75, 3.05) is 26.2 Å². The molecule has 3 amide bonds. The van der Waals surface area contributed by atoms with Gasteiger partial charge in [-0.1, -0.05) is 36.6 Å². The zero-order chi connectivity index (χ0) is 27.7. The molecule has 0 radical (unpaired) electrons. The van der Waals surface area contributed by atoms with Crippen molar-refractivity contribution in [2.45, 2.75) is 76.2 Å². The van der Waals surface area contributed by atoms with E-state index in [0.29, 0.717) is 37.5 Å². The lowest BCUT2D eigenvalue weighted by molar-refractivity contribution is -0.136. The Hall–Kier alpha value is -2.94. The van der Waals surface area contributed by atoms with Gasteiger partial charge < -0.3 is 19.3 Å². The first-order chi connectivity index (χ1) is 19.4. The summed E-state index contributed by atoms with van der Waals surface area (Å²) in [5, 5.41) is 3.13. The van der Waals surface area contributed by atoms with E-state index in [-0.39, 0.29) is 23.8 Å². The first-order valence-electron chi connectivity index (χ1n) is 14.5. The number of likely N-dealkylation sites (tertiary alicyclic amines) is 1. The molecule has 1 N–H and O–H groups in total. The smallest absolute Gasteiger partial charge is 0.255 e. The van der Waals surface area contributed by atoms with Crippen LogP contribution in [0.25, 0.3) is 0 Å². The summed E-state index contributed by atoms with van der Waals surface area (Å²) in [7, 11) is 0. The van der Waals surface area contributed by atoms with Crippen LogP contribution in [0, 0.1) is 0 Å². The predicted molar refractivity (Wildman–Crippen MR) is 150 cm³/mol. The highest BCUT2D eigenvalue weighted by Gasteiger charge is 2.43. The highest BCUT2D eigenvalue weighted by molar-refractivity contribution is 6.30. The van der Waals surface area contributed by atoms with Crippen molar-refractivity contribution in [3.8, 4) is 5.75 Å². The number of benzene rings is 2. The van der Waals surface area contributed by atoms with Gasteiger partial charge in [-0.2, -0.15) is 0 Å². The van der Waals surface area contributed by atoms with Crippen molar-refractivity contribution in [3.63, 3.8) is 0 Å². The molecule has 6 rings (SSSR count). The molecular weight excluding hydrogens is 530 g/mol. The summed E-state index contributed by atoms with van der Waals surface area (Å²) in [6.45, 7) is 4.80. The number of amides is 3. The van der Waals surface area contributed by atoms with E-state index in [1.807, 2.05) is 18.2 Å². The molecule has 9 heteroatoms. The molecule has 4 aliphatic rings. The second-order valence-electron chi connectivity index (χ2n) is 11.4. The second kappa shape index (κ2) is 11.5. The number of nitrogens with zero attached hydrogens (tertiary/aromatic N) is 2. The molecule has 40 heavy (non-hydrogen) atoms. The van der Waals surface area contributed by atoms with E-state index in [1.54, 1.807) is 11.0 Å². The van der Waals surface area contributed by atoms with Crippen LogP contribution in [0.5, 0.6) is 5.75 Å². The Morgan fingerprint density at radius 2 is 1.88 bits per heavy atom. The predicted octanol–water partition coefficient (Wildman–Crippen LogP) is 4.56. The maximum Gasteiger partial charge on any atom is 0.255 e. The molecule has 2 fully saturated rings. The summed E-state index contributed by atoms with van der Waals surface area (Å²) in [4.78, 5) is 40.9. The molecule has 8 nitrogen and oxygen atoms in total. The van der Waals surface area contributed by atoms with Gasteiger partial charge in [-0.3, -0.25) is 19.7 Å². The first kappa shape index (κ1) is 27.2. The van der Waals surface area contributed by atoms with Gasteiger partial charge in [-0.05, 0) is 74.0 Å². The van der Waals surface area contributed by atoms with E-state index < -0.39 is 11.9 Å². The monoisotopic (exact) mass is 565 g/mol. The fourth-order valence-corrected chi connectivity index (χ4v) is 6.78. The number of carbonyl (C=O) groups is 3. The summed E-state index contributed by atoms with van der Waals surface area (Å²) in [5.74, 6) is -0.147. The maximum absolute atomic E-state index is 13.0. The Kier molecular flexibility index (Phi) is 7.84. The van der Waals surface area contributed by atoms with Gasteiger partial charge in [0.15, 0.2) is 0 Å². The van der Waals surface area contributed by atoms with Crippen LogP contribution in [0.4, 0.5) is 0 Å². The number of unbranched alkanes of at least 4 members (excludes halogenated alkanes) is 3. The van der Waals surface area contributed by atoms with Gasteiger partial charge in [0.2, 0.25) is 11.8 Å². The van der Waals surface area contributed by atoms with Crippen molar-refractivity contribution in [2.24, 2.45) is 0 Å². The van der Waals surface area contributed by atoms with Gasteiger partial charge in [0, 0.05) is 35.7 Å². The van der Waals surface area contributed by atoms with Gasteiger partial charge in [-0.15, -0.1) is 0 Å². The Balaban J connectivity index is 0.909. The Morgan fingerprint density at radius 1 is 1.05 bits per heavy atom. The van der Waals surface area contributed by atoms with E-state index >= 15 is 0 Å². The number of hydrogen-bond donors (Lipinski definition) is 1. The lowest BCUT2D eigenvalue weighted by atomic mass is 9.84. The Morgan fingerprint density at radius 3 is 2.70 bits per heavy atom. The topological polar surface area (TPSA) is 88.2 Å². The second-order valence-corrected chi connectivity index (χ2v) is 11.8. The summed E-state index contributed by atoms with van der Waals surface area (Å²) >= 11 is 6.27. The van der Waals surface area contributed by atoms with Crippen molar-refractivity contribution in [1.82, 2.24) is 15.1 Å². The molecule has 212 valence electrons. The number of nitrogens with one attached hydrogen (secondary N) is 1. The third-order valence-electron chi connectivity index (χ3n) is 8.90. The normalized spacial score (nSPS) is 22.0. The van der Waals surface area contributed by atoms with Crippen LogP contribution in [0.3, 0.4) is 0 Å². The van der Waals surface area contributed by atoms with Crippen LogP contribution in [0.1, 0.15) is 78.4 Å². The average Bonchev–Trinajstić information content (AvgIpc) is 3.47. The number of halogens is 1. The molecule has 0 aromatic heterocycles. The minimum Gasteiger partial charge on any atom is -0.493 e. The molecular formula is C31H36ClN3O5. The molecule has 4 heterocycles. The molecule has 2 aromatic carbocycles. The van der Waals surface area contributed by atoms with Crippen molar-refractivity contribution >= 4 is 29.3 Å². The molecule has 0 aliphatic carbocycles. The van der Waals surface area contributed by atoms with E-state index in [9.17, 15) is 14.4 Å². The van der Waals surface area contributed by atoms with Gasteiger partial charge in [0.25, 0.3) is 5.91 Å². The molecule has 0 bridgehead atoms. The minimum atomic E-state index is -0.615. The number of carbonyl (C=O) groups excluding carboxylic acids is 3. The quantitative estimate of drug-likeness (QED) is 0.354. The minimum absolute atomic E-state index is 0.158. The van der Waals surface area contributed by atoms with Crippen LogP contribution < -0.4 is 10.1 Å². The van der Waals surface area contributed by atoms with E-state index in [4.69, 9.17) is 21.1 Å². The van der Waals surface area contributed by atoms with Gasteiger partial charge in [-0.25, -0.2) is 0 Å². The van der Waals surface area contributed by atoms with Crippen LogP contribution in [0.15, 0.2) is 36.4 Å². The molecule has 0 saturated carbocycles. The molecule has 2 aromatic rings. The van der Waals surface area contributed by atoms with E-state index in [0.717, 1.165) is 68.7 Å². The Labute approximate surface area is 239 Å². The standard InChI is InChI=1S/C31H36ClN3O5/c32-22-9-8-21-20-40-31(25(21)18-22)12-15-34(16-13-31)14-3-1-2-4-17-39-27-7-5-6-23-24(27)19-35(30(23)38)26-10-11-28(36)33-29(26)37/h5-9,18,26H,1-4,10-17,19-20H2,(H,33,36,37). The molecule has 2 saturated heterocycles. The zero-order valence-electron chi connectivity index (χ0n) is 22.8. The fourth-order valence-electron chi connectivity index (χ4n) is 6.61. The van der Waals surface area contributed by atoms with Crippen LogP contribution in [0.2, 0.25) is 5.02 Å². The SMILES string of the molecule is O=C1CCC(N2Cc3c(OCCCCCCN4CCC5(CC4)OCc4ccc(Cl)cc45)cccc3C2=O)C(=O)N1. The van der Waals surface area contributed by atoms with Crippen LogP contribution in [-0.2, 0) is 33.1 Å². The fraction of sp³-hybridized carbons (Fsp3) is 0.516. The van der Waals surface area contributed by atoms with Gasteiger partial charge in [0.1, 0.15) is 11.8 Å². The lowest BCUT2D eigenvalue weighted by Crippen LogP contribution is -2.52. The number of hydrogen-bond acceptors (Lipinski definition) is 6. The van der Waals surface area contributed by atoms with E-state index in [2.05, 4.69) is 22.3 Å². The van der Waals surface area contributed by atoms with Crippen molar-refractivity contribution in [3.05, 3.63) is 63.7 Å². The number of imide groups is 1. The number of ether oxygens (including phenoxy) is 2. The third kappa shape index (κ3) is 5.37. The zero-order valence-corrected chi connectivity index (χ0v) is 23.5. The maximum atomic E-state index is 13.0. The molecule has 1 unspecified atom stereocenters. The molecule has 1 atom stereocenters. The summed E-state index contributed by atoms with van der Waals surface area (Å²) in [5.41, 5.74) is 3.82. The third-order valence-corrected chi connectivity index (χ3v) is 9.13. The van der Waals surface area contributed by atoms with E-state index in [1.165, 1.54) is 11.1 Å². The highest BCUT2D eigenvalue weighted by atomic mass is 35.5. The van der Waals surface area contributed by atoms with Crippen molar-refractivity contribution < 1.29 is 23.9 Å². The summed E-state index contributed by atoms with van der Waals surface area (Å²) in [6.07, 6.45) is 6.97. The molecule has 1 spiro atoms.